The molecule has 184 valence electrons. The summed E-state index contributed by atoms with van der Waals surface area (Å²) in [6, 6.07) is 6.88. The van der Waals surface area contributed by atoms with Gasteiger partial charge in [0.2, 0.25) is 0 Å². The summed E-state index contributed by atoms with van der Waals surface area (Å²) in [4.78, 5) is 16.0. The first-order valence-corrected chi connectivity index (χ1v) is 10.5. The standard InChI is InChI=1S/C24H24F3N5O3/c1-16(12-20(26)23(27)17(2)25)32-8-6-22(33)21(30-32)14-18-4-3-5-19(13-18)29-24(34)35-11-10-31-9-7-28-15-31/h3-9,12-13,15,22,33H,2,10-11,14H2,1H3,(H,29,34)/b16-12+,23-20-. The summed E-state index contributed by atoms with van der Waals surface area (Å²) in [5.41, 5.74) is 1.67. The van der Waals surface area contributed by atoms with Crippen LogP contribution in [0, 0.1) is 0 Å². The quantitative estimate of drug-likeness (QED) is 0.498. The molecule has 1 aromatic heterocycles. The van der Waals surface area contributed by atoms with E-state index in [0.29, 0.717) is 17.9 Å². The van der Waals surface area contributed by atoms with Gasteiger partial charge < -0.3 is 14.4 Å². The fraction of sp³-hybridized carbons (Fsp3) is 0.208. The van der Waals surface area contributed by atoms with E-state index in [1.54, 1.807) is 47.6 Å². The highest BCUT2D eigenvalue weighted by Gasteiger charge is 2.19. The van der Waals surface area contributed by atoms with Crippen LogP contribution >= 0.6 is 0 Å². The molecule has 1 amide bonds. The molecule has 2 N–H and O–H groups in total. The van der Waals surface area contributed by atoms with E-state index in [1.807, 2.05) is 0 Å². The summed E-state index contributed by atoms with van der Waals surface area (Å²) in [5.74, 6) is -4.64. The average molecular weight is 487 g/mol. The second kappa shape index (κ2) is 11.8. The third kappa shape index (κ3) is 7.44. The molecule has 0 saturated carbocycles. The number of hydrazone groups is 1. The van der Waals surface area contributed by atoms with E-state index in [2.05, 4.69) is 22.0 Å². The van der Waals surface area contributed by atoms with Crippen LogP contribution < -0.4 is 5.32 Å². The number of aliphatic hydroxyl groups is 1. The van der Waals surface area contributed by atoms with Crippen molar-refractivity contribution in [2.45, 2.75) is 26.0 Å². The van der Waals surface area contributed by atoms with Crippen molar-refractivity contribution < 1.29 is 27.8 Å². The second-order valence-electron chi connectivity index (χ2n) is 7.51. The lowest BCUT2D eigenvalue weighted by Gasteiger charge is -2.23. The van der Waals surface area contributed by atoms with E-state index in [4.69, 9.17) is 4.74 Å². The fourth-order valence-electron chi connectivity index (χ4n) is 3.07. The predicted molar refractivity (Wildman–Crippen MR) is 125 cm³/mol. The molecule has 1 atom stereocenters. The number of benzene rings is 1. The number of imidazole rings is 1. The zero-order chi connectivity index (χ0) is 25.4. The largest absolute Gasteiger partial charge is 0.447 e. The van der Waals surface area contributed by atoms with Gasteiger partial charge in [0.05, 0.1) is 18.6 Å². The average Bonchev–Trinajstić information content (AvgIpc) is 3.33. The lowest BCUT2D eigenvalue weighted by atomic mass is 10.0. The molecule has 0 radical (unpaired) electrons. The van der Waals surface area contributed by atoms with Crippen molar-refractivity contribution in [3.8, 4) is 0 Å². The molecular formula is C24H24F3N5O3. The van der Waals surface area contributed by atoms with Crippen molar-refractivity contribution in [1.29, 1.82) is 0 Å². The highest BCUT2D eigenvalue weighted by atomic mass is 19.2. The maximum Gasteiger partial charge on any atom is 0.411 e. The summed E-state index contributed by atoms with van der Waals surface area (Å²) in [6.45, 7) is 4.80. The minimum absolute atomic E-state index is 0.147. The highest BCUT2D eigenvalue weighted by Crippen LogP contribution is 2.22. The van der Waals surface area contributed by atoms with Gasteiger partial charge in [-0.1, -0.05) is 18.7 Å². The first-order valence-electron chi connectivity index (χ1n) is 10.5. The lowest BCUT2D eigenvalue weighted by Crippen LogP contribution is -2.28. The Morgan fingerprint density at radius 2 is 2.14 bits per heavy atom. The fourth-order valence-corrected chi connectivity index (χ4v) is 3.07. The Balaban J connectivity index is 1.63. The number of rotatable bonds is 9. The molecule has 1 aliphatic rings. The Hall–Kier alpha value is -4.12. The van der Waals surface area contributed by atoms with Gasteiger partial charge in [-0.15, -0.1) is 0 Å². The van der Waals surface area contributed by atoms with Crippen LogP contribution in [0.3, 0.4) is 0 Å². The van der Waals surface area contributed by atoms with Gasteiger partial charge >= 0.3 is 6.09 Å². The third-order valence-corrected chi connectivity index (χ3v) is 4.83. The van der Waals surface area contributed by atoms with Crippen molar-refractivity contribution in [1.82, 2.24) is 14.6 Å². The van der Waals surface area contributed by atoms with Crippen LogP contribution in [-0.4, -0.2) is 44.2 Å². The third-order valence-electron chi connectivity index (χ3n) is 4.83. The Bertz CT molecular complexity index is 1190. The molecule has 1 unspecified atom stereocenters. The Kier molecular flexibility index (Phi) is 8.63. The molecule has 1 aromatic carbocycles. The molecule has 2 aromatic rings. The van der Waals surface area contributed by atoms with Crippen molar-refractivity contribution in [2.24, 2.45) is 5.10 Å². The first kappa shape index (κ1) is 25.5. The molecule has 1 aliphatic heterocycles. The van der Waals surface area contributed by atoms with Gasteiger partial charge in [-0.2, -0.15) is 5.10 Å². The Morgan fingerprint density at radius 1 is 1.34 bits per heavy atom. The number of hydrogen-bond donors (Lipinski definition) is 2. The molecule has 0 saturated heterocycles. The van der Waals surface area contributed by atoms with Crippen LogP contribution in [-0.2, 0) is 17.7 Å². The summed E-state index contributed by atoms with van der Waals surface area (Å²) in [5, 5.41) is 18.4. The zero-order valence-corrected chi connectivity index (χ0v) is 18.9. The van der Waals surface area contributed by atoms with Gasteiger partial charge in [0.15, 0.2) is 17.5 Å². The van der Waals surface area contributed by atoms with Gasteiger partial charge in [0.1, 0.15) is 12.7 Å². The second-order valence-corrected chi connectivity index (χ2v) is 7.51. The van der Waals surface area contributed by atoms with Crippen LogP contribution in [0.1, 0.15) is 12.5 Å². The molecule has 0 spiro atoms. The summed E-state index contributed by atoms with van der Waals surface area (Å²) in [7, 11) is 0. The van der Waals surface area contributed by atoms with Crippen molar-refractivity contribution >= 4 is 17.5 Å². The number of anilines is 1. The molecule has 35 heavy (non-hydrogen) atoms. The Morgan fingerprint density at radius 3 is 2.86 bits per heavy atom. The number of ether oxygens (including phenoxy) is 1. The van der Waals surface area contributed by atoms with Crippen molar-refractivity contribution in [3.05, 3.63) is 96.7 Å². The Labute approximate surface area is 200 Å². The number of carbonyl (C=O) groups is 1. The molecule has 0 fully saturated rings. The SMILES string of the molecule is C=C(F)/C(F)=C(F)\C=C(/C)N1C=CC(O)C(Cc2cccc(NC(=O)OCCn3ccnc3)c2)=N1. The number of aromatic nitrogens is 2. The van der Waals surface area contributed by atoms with E-state index in [-0.39, 0.29) is 18.7 Å². The zero-order valence-electron chi connectivity index (χ0n) is 18.9. The minimum Gasteiger partial charge on any atom is -0.447 e. The number of amides is 1. The van der Waals surface area contributed by atoms with E-state index in [1.165, 1.54) is 24.2 Å². The van der Waals surface area contributed by atoms with Crippen LogP contribution in [0.4, 0.5) is 23.7 Å². The number of allylic oxidation sites excluding steroid dienone is 5. The number of carbonyl (C=O) groups excluding carboxylic acids is 1. The van der Waals surface area contributed by atoms with E-state index in [9.17, 15) is 23.1 Å². The van der Waals surface area contributed by atoms with Crippen molar-refractivity contribution in [3.63, 3.8) is 0 Å². The smallest absolute Gasteiger partial charge is 0.411 e. The van der Waals surface area contributed by atoms with Gasteiger partial charge in [-0.3, -0.25) is 5.32 Å². The van der Waals surface area contributed by atoms with Gasteiger partial charge in [-0.25, -0.2) is 28.0 Å². The number of hydrogen-bond acceptors (Lipinski definition) is 6. The van der Waals surface area contributed by atoms with Crippen molar-refractivity contribution in [2.75, 3.05) is 11.9 Å². The van der Waals surface area contributed by atoms with E-state index < -0.39 is 29.7 Å². The van der Waals surface area contributed by atoms with Crippen LogP contribution in [0.5, 0.6) is 0 Å². The van der Waals surface area contributed by atoms with E-state index >= 15 is 0 Å². The summed E-state index contributed by atoms with van der Waals surface area (Å²) in [6.07, 6.45) is 7.15. The molecule has 11 heteroatoms. The molecule has 0 aliphatic carbocycles. The van der Waals surface area contributed by atoms with E-state index in [0.717, 1.165) is 11.6 Å². The summed E-state index contributed by atoms with van der Waals surface area (Å²) < 4.78 is 46.9. The number of aliphatic hydroxyl groups excluding tert-OH is 1. The van der Waals surface area contributed by atoms with Gasteiger partial charge in [0.25, 0.3) is 0 Å². The monoisotopic (exact) mass is 487 g/mol. The van der Waals surface area contributed by atoms with Gasteiger partial charge in [0, 0.05) is 36.4 Å². The number of nitrogens with one attached hydrogen (secondary N) is 1. The lowest BCUT2D eigenvalue weighted by molar-refractivity contribution is 0.157. The predicted octanol–water partition coefficient (Wildman–Crippen LogP) is 4.76. The number of halogens is 3. The normalized spacial score (nSPS) is 16.5. The van der Waals surface area contributed by atoms with Crippen LogP contribution in [0.2, 0.25) is 0 Å². The van der Waals surface area contributed by atoms with Crippen LogP contribution in [0.25, 0.3) is 0 Å². The van der Waals surface area contributed by atoms with Gasteiger partial charge in [-0.05, 0) is 36.8 Å². The summed E-state index contributed by atoms with van der Waals surface area (Å²) >= 11 is 0. The molecular weight excluding hydrogens is 463 g/mol. The number of nitrogens with zero attached hydrogens (tertiary/aromatic N) is 4. The molecule has 3 rings (SSSR count). The minimum atomic E-state index is -1.70. The molecule has 0 bridgehead atoms. The maximum absolute atomic E-state index is 13.8. The molecule has 2 heterocycles. The maximum atomic E-state index is 13.8. The van der Waals surface area contributed by atoms with Crippen LogP contribution in [0.15, 0.2) is 96.2 Å². The first-order chi connectivity index (χ1) is 16.7. The molecule has 8 nitrogen and oxygen atoms in total. The highest BCUT2D eigenvalue weighted by molar-refractivity contribution is 5.93. The topological polar surface area (TPSA) is 92.0 Å².